The van der Waals surface area contributed by atoms with Gasteiger partial charge in [-0.25, -0.2) is 18.4 Å². The first-order chi connectivity index (χ1) is 13.2. The van der Waals surface area contributed by atoms with Gasteiger partial charge in [-0.05, 0) is 56.0 Å². The van der Waals surface area contributed by atoms with Crippen molar-refractivity contribution in [3.63, 3.8) is 0 Å². The van der Waals surface area contributed by atoms with Crippen LogP contribution in [0.2, 0.25) is 0 Å². The fourth-order valence-electron chi connectivity index (χ4n) is 3.61. The summed E-state index contributed by atoms with van der Waals surface area (Å²) in [6.07, 6.45) is 2.73. The third-order valence-corrected chi connectivity index (χ3v) is 5.87. The zero-order chi connectivity index (χ0) is 20.5. The number of aromatic carboxylic acids is 1. The maximum atomic E-state index is 12.3. The molecule has 0 aliphatic carbocycles. The topological polar surface area (TPSA) is 110 Å². The summed E-state index contributed by atoms with van der Waals surface area (Å²) in [5.41, 5.74) is 1.25. The molecule has 0 bridgehead atoms. The van der Waals surface area contributed by atoms with Crippen LogP contribution in [0.1, 0.15) is 42.1 Å². The molecule has 0 spiro atoms. The number of hydrogen-bond donors (Lipinski definition) is 2. The lowest BCUT2D eigenvalue weighted by Gasteiger charge is -2.29. The van der Waals surface area contributed by atoms with Crippen molar-refractivity contribution in [2.75, 3.05) is 11.4 Å². The summed E-state index contributed by atoms with van der Waals surface area (Å²) in [4.78, 5) is 13.3. The zero-order valence-corrected chi connectivity index (χ0v) is 16.7. The second kappa shape index (κ2) is 7.81. The van der Waals surface area contributed by atoms with E-state index in [0.717, 1.165) is 30.9 Å². The van der Waals surface area contributed by atoms with Crippen molar-refractivity contribution in [2.45, 2.75) is 44.0 Å². The number of carboxylic acid groups (broad SMARTS) is 1. The predicted molar refractivity (Wildman–Crippen MR) is 107 cm³/mol. The molecule has 3 rings (SSSR count). The Morgan fingerprint density at radius 2 is 2.07 bits per heavy atom. The summed E-state index contributed by atoms with van der Waals surface area (Å²) < 4.78 is 30.6. The summed E-state index contributed by atoms with van der Waals surface area (Å²) in [5, 5.41) is 14.9. The number of benzene rings is 2. The number of anilines is 1. The fraction of sp³-hybridized carbons (Fsp3) is 0.350. The molecule has 0 radical (unpaired) electrons. The van der Waals surface area contributed by atoms with E-state index in [9.17, 15) is 18.3 Å². The first-order valence-electron chi connectivity index (χ1n) is 9.16. The molecule has 28 heavy (non-hydrogen) atoms. The Labute approximate surface area is 164 Å². The molecule has 3 N–H and O–H groups in total. The first-order valence-corrected chi connectivity index (χ1v) is 10.7. The third kappa shape index (κ3) is 4.13. The minimum atomic E-state index is -4.21. The van der Waals surface area contributed by atoms with Gasteiger partial charge in [-0.15, -0.1) is 0 Å². The number of carbonyl (C=O) groups is 1. The van der Waals surface area contributed by atoms with Crippen molar-refractivity contribution in [1.29, 1.82) is 0 Å². The number of nitrogens with two attached hydrogens (primary N) is 1. The van der Waals surface area contributed by atoms with Crippen LogP contribution in [0.4, 0.5) is 5.69 Å². The average molecular weight is 404 g/mol. The van der Waals surface area contributed by atoms with Crippen LogP contribution < -0.4 is 14.8 Å². The number of ether oxygens (including phenoxy) is 1. The van der Waals surface area contributed by atoms with E-state index >= 15 is 0 Å². The maximum Gasteiger partial charge on any atom is 0.335 e. The predicted octanol–water partition coefficient (Wildman–Crippen LogP) is 3.51. The van der Waals surface area contributed by atoms with Gasteiger partial charge in [0.05, 0.1) is 11.3 Å². The molecule has 1 saturated heterocycles. The smallest absolute Gasteiger partial charge is 0.335 e. The Bertz CT molecular complexity index is 1000. The van der Waals surface area contributed by atoms with Crippen LogP contribution in [0.25, 0.3) is 0 Å². The highest BCUT2D eigenvalue weighted by atomic mass is 32.2. The van der Waals surface area contributed by atoms with Crippen molar-refractivity contribution in [1.82, 2.24) is 0 Å². The van der Waals surface area contributed by atoms with Gasteiger partial charge in [0, 0.05) is 12.6 Å². The van der Waals surface area contributed by atoms with Gasteiger partial charge in [0.1, 0.15) is 10.6 Å². The van der Waals surface area contributed by atoms with Gasteiger partial charge in [-0.1, -0.05) is 19.1 Å². The van der Waals surface area contributed by atoms with Gasteiger partial charge in [0.2, 0.25) is 10.0 Å². The van der Waals surface area contributed by atoms with Gasteiger partial charge in [0.15, 0.2) is 5.75 Å². The van der Waals surface area contributed by atoms with E-state index in [4.69, 9.17) is 9.88 Å². The van der Waals surface area contributed by atoms with E-state index in [1.807, 2.05) is 24.8 Å². The van der Waals surface area contributed by atoms with E-state index < -0.39 is 16.0 Å². The molecule has 1 heterocycles. The number of hydrogen-bond acceptors (Lipinski definition) is 5. The molecule has 1 fully saturated rings. The molecule has 1 aliphatic rings. The van der Waals surface area contributed by atoms with Crippen molar-refractivity contribution in [2.24, 2.45) is 5.14 Å². The maximum absolute atomic E-state index is 12.3. The molecule has 7 nitrogen and oxygen atoms in total. The SMILES string of the molecule is CCC1CCCN1c1cc(C(=O)O)cc(S(N)(=O)=O)c1Oc1cccc(C)c1. The van der Waals surface area contributed by atoms with Gasteiger partial charge < -0.3 is 14.7 Å². The summed E-state index contributed by atoms with van der Waals surface area (Å²) in [5.74, 6) is -0.694. The highest BCUT2D eigenvalue weighted by molar-refractivity contribution is 7.89. The Morgan fingerprint density at radius 3 is 2.68 bits per heavy atom. The summed E-state index contributed by atoms with van der Waals surface area (Å²) in [6, 6.07) is 9.91. The normalized spacial score (nSPS) is 17.0. The number of sulfonamides is 1. The van der Waals surface area contributed by atoms with Crippen LogP contribution in [0.5, 0.6) is 11.5 Å². The van der Waals surface area contributed by atoms with Crippen molar-refractivity contribution < 1.29 is 23.1 Å². The Hall–Kier alpha value is -2.58. The number of primary sulfonamides is 1. The molecule has 2 aromatic carbocycles. The van der Waals surface area contributed by atoms with Crippen LogP contribution in [0.3, 0.4) is 0 Å². The summed E-state index contributed by atoms with van der Waals surface area (Å²) in [6.45, 7) is 4.64. The molecule has 0 saturated carbocycles. The average Bonchev–Trinajstić information content (AvgIpc) is 3.09. The summed E-state index contributed by atoms with van der Waals surface area (Å²) >= 11 is 0. The minimum Gasteiger partial charge on any atom is -0.478 e. The Morgan fingerprint density at radius 1 is 1.32 bits per heavy atom. The quantitative estimate of drug-likeness (QED) is 0.762. The molecule has 1 unspecified atom stereocenters. The van der Waals surface area contributed by atoms with Crippen molar-refractivity contribution >= 4 is 21.7 Å². The molecular formula is C20H24N2O5S. The lowest BCUT2D eigenvalue weighted by Crippen LogP contribution is -2.29. The van der Waals surface area contributed by atoms with E-state index in [2.05, 4.69) is 0 Å². The first kappa shape index (κ1) is 20.2. The van der Waals surface area contributed by atoms with Crippen LogP contribution in [-0.2, 0) is 10.0 Å². The van der Waals surface area contributed by atoms with Crippen LogP contribution in [0.15, 0.2) is 41.3 Å². The van der Waals surface area contributed by atoms with E-state index in [-0.39, 0.29) is 22.3 Å². The van der Waals surface area contributed by atoms with Crippen LogP contribution in [0, 0.1) is 6.92 Å². The number of carboxylic acids is 1. The molecule has 8 heteroatoms. The van der Waals surface area contributed by atoms with Crippen molar-refractivity contribution in [3.05, 3.63) is 47.5 Å². The lowest BCUT2D eigenvalue weighted by atomic mass is 10.1. The van der Waals surface area contributed by atoms with Gasteiger partial charge in [-0.3, -0.25) is 0 Å². The zero-order valence-electron chi connectivity index (χ0n) is 15.9. The fourth-order valence-corrected chi connectivity index (χ4v) is 4.31. The molecule has 0 amide bonds. The summed E-state index contributed by atoms with van der Waals surface area (Å²) in [7, 11) is -4.21. The Kier molecular flexibility index (Phi) is 5.62. The number of rotatable bonds is 6. The molecule has 1 aliphatic heterocycles. The molecule has 1 atom stereocenters. The lowest BCUT2D eigenvalue weighted by molar-refractivity contribution is 0.0696. The molecule has 2 aromatic rings. The number of aryl methyl sites for hydroxylation is 1. The standard InChI is InChI=1S/C20H24N2O5S/c1-3-15-7-5-9-22(15)17-11-14(20(23)24)12-18(28(21,25)26)19(17)27-16-8-4-6-13(2)10-16/h4,6,8,10-12,15H,3,5,7,9H2,1-2H3,(H,23,24)(H2,21,25,26). The Balaban J connectivity index is 2.25. The van der Waals surface area contributed by atoms with Crippen molar-refractivity contribution in [3.8, 4) is 11.5 Å². The second-order valence-corrected chi connectivity index (χ2v) is 8.52. The van der Waals surface area contributed by atoms with E-state index in [0.29, 0.717) is 18.0 Å². The van der Waals surface area contributed by atoms with E-state index in [1.165, 1.54) is 6.07 Å². The molecule has 0 aromatic heterocycles. The minimum absolute atomic E-state index is 0.0680. The highest BCUT2D eigenvalue weighted by Crippen LogP contribution is 2.42. The monoisotopic (exact) mass is 404 g/mol. The van der Waals surface area contributed by atoms with Gasteiger partial charge >= 0.3 is 5.97 Å². The van der Waals surface area contributed by atoms with Crippen LogP contribution >= 0.6 is 0 Å². The van der Waals surface area contributed by atoms with Gasteiger partial charge in [-0.2, -0.15) is 0 Å². The largest absolute Gasteiger partial charge is 0.478 e. The van der Waals surface area contributed by atoms with E-state index in [1.54, 1.807) is 18.2 Å². The van der Waals surface area contributed by atoms with Gasteiger partial charge in [0.25, 0.3) is 0 Å². The molecular weight excluding hydrogens is 380 g/mol. The second-order valence-electron chi connectivity index (χ2n) is 6.99. The van der Waals surface area contributed by atoms with Crippen LogP contribution in [-0.4, -0.2) is 32.1 Å². The highest BCUT2D eigenvalue weighted by Gasteiger charge is 2.31. The third-order valence-electron chi connectivity index (χ3n) is 4.96. The molecule has 150 valence electrons. The number of nitrogens with zero attached hydrogens (tertiary/aromatic N) is 1.